The summed E-state index contributed by atoms with van der Waals surface area (Å²) >= 11 is 1.54. The number of piperidine rings is 1. The molecule has 4 heteroatoms. The fourth-order valence-electron chi connectivity index (χ4n) is 3.56. The van der Waals surface area contributed by atoms with Gasteiger partial charge in [0, 0.05) is 24.0 Å². The van der Waals surface area contributed by atoms with Gasteiger partial charge in [-0.2, -0.15) is 0 Å². The van der Waals surface area contributed by atoms with E-state index < -0.39 is 0 Å². The second-order valence-corrected chi connectivity index (χ2v) is 7.18. The molecule has 1 aliphatic heterocycles. The largest absolute Gasteiger partial charge is 0.333 e. The number of nitrogens with zero attached hydrogens (tertiary/aromatic N) is 2. The quantitative estimate of drug-likeness (QED) is 0.768. The molecule has 2 aliphatic rings. The first-order valence-electron chi connectivity index (χ1n) is 8.30. The van der Waals surface area contributed by atoms with Gasteiger partial charge < -0.3 is 4.90 Å². The van der Waals surface area contributed by atoms with E-state index in [-0.39, 0.29) is 5.91 Å². The number of rotatable bonds is 2. The molecule has 0 unspecified atom stereocenters. The maximum Gasteiger partial charge on any atom is 0.273 e. The highest BCUT2D eigenvalue weighted by Crippen LogP contribution is 2.32. The number of likely N-dealkylation sites (tertiary alicyclic amines) is 1. The van der Waals surface area contributed by atoms with Gasteiger partial charge in [0.25, 0.3) is 5.91 Å². The zero-order valence-electron chi connectivity index (χ0n) is 13.1. The molecule has 0 saturated carbocycles. The maximum atomic E-state index is 12.8. The van der Waals surface area contributed by atoms with Gasteiger partial charge in [0.05, 0.1) is 0 Å². The molecule has 2 heterocycles. The molecule has 1 aromatic carbocycles. The second kappa shape index (κ2) is 6.28. The normalized spacial score (nSPS) is 20.8. The lowest BCUT2D eigenvalue weighted by molar-refractivity contribution is 0.0725. The van der Waals surface area contributed by atoms with Gasteiger partial charge in [0.2, 0.25) is 0 Å². The standard InChI is InChI=1S/C19H20N2OS/c22-19(21-11-10-14-6-4-5-9-16(14)12-21)17-13-23-18(20-17)15-7-2-1-3-8-15/h1-3,7-9,13-14H,4-6,10-12H2/t14-/m1/s1. The fraction of sp³-hybridized carbons (Fsp3) is 0.368. The Morgan fingerprint density at radius 1 is 1.22 bits per heavy atom. The lowest BCUT2D eigenvalue weighted by Crippen LogP contribution is -2.40. The van der Waals surface area contributed by atoms with Crippen LogP contribution in [0.2, 0.25) is 0 Å². The molecule has 1 amide bonds. The molecule has 1 atom stereocenters. The summed E-state index contributed by atoms with van der Waals surface area (Å²) in [7, 11) is 0. The highest BCUT2D eigenvalue weighted by Gasteiger charge is 2.29. The van der Waals surface area contributed by atoms with Crippen LogP contribution in [0.5, 0.6) is 0 Å². The zero-order valence-corrected chi connectivity index (χ0v) is 13.9. The molecular weight excluding hydrogens is 304 g/mol. The lowest BCUT2D eigenvalue weighted by atomic mass is 9.82. The number of hydrogen-bond acceptors (Lipinski definition) is 3. The van der Waals surface area contributed by atoms with Crippen LogP contribution in [0.4, 0.5) is 0 Å². The summed E-state index contributed by atoms with van der Waals surface area (Å²) in [5.74, 6) is 0.788. The molecule has 1 fully saturated rings. The van der Waals surface area contributed by atoms with Crippen molar-refractivity contribution in [1.29, 1.82) is 0 Å². The number of allylic oxidation sites excluding steroid dienone is 1. The van der Waals surface area contributed by atoms with Crippen LogP contribution in [-0.2, 0) is 0 Å². The number of fused-ring (bicyclic) bond motifs is 1. The summed E-state index contributed by atoms with van der Waals surface area (Å²) in [5, 5.41) is 2.81. The van der Waals surface area contributed by atoms with Crippen molar-refractivity contribution in [3.63, 3.8) is 0 Å². The van der Waals surface area contributed by atoms with Crippen molar-refractivity contribution in [1.82, 2.24) is 9.88 Å². The zero-order chi connectivity index (χ0) is 15.6. The molecule has 118 valence electrons. The first kappa shape index (κ1) is 14.6. The highest BCUT2D eigenvalue weighted by atomic mass is 32.1. The molecule has 2 aromatic rings. The Balaban J connectivity index is 1.51. The van der Waals surface area contributed by atoms with E-state index in [1.54, 1.807) is 11.3 Å². The van der Waals surface area contributed by atoms with Gasteiger partial charge in [-0.05, 0) is 31.6 Å². The van der Waals surface area contributed by atoms with E-state index in [4.69, 9.17) is 0 Å². The van der Waals surface area contributed by atoms with Gasteiger partial charge in [-0.25, -0.2) is 4.98 Å². The number of thiazole rings is 1. The summed E-state index contributed by atoms with van der Waals surface area (Å²) in [6, 6.07) is 10.1. The summed E-state index contributed by atoms with van der Waals surface area (Å²) in [5.41, 5.74) is 3.13. The van der Waals surface area contributed by atoms with E-state index in [9.17, 15) is 4.79 Å². The molecule has 23 heavy (non-hydrogen) atoms. The van der Waals surface area contributed by atoms with E-state index in [0.29, 0.717) is 11.6 Å². The summed E-state index contributed by atoms with van der Waals surface area (Å²) in [6.07, 6.45) is 7.22. The Hall–Kier alpha value is -1.94. The second-order valence-electron chi connectivity index (χ2n) is 6.33. The van der Waals surface area contributed by atoms with E-state index in [2.05, 4.69) is 11.1 Å². The molecule has 1 saturated heterocycles. The van der Waals surface area contributed by atoms with Crippen LogP contribution in [0.15, 0.2) is 47.4 Å². The Labute approximate surface area is 140 Å². The molecule has 1 aromatic heterocycles. The Kier molecular flexibility index (Phi) is 4.00. The average Bonchev–Trinajstić information content (AvgIpc) is 3.11. The minimum atomic E-state index is 0.0772. The third-order valence-electron chi connectivity index (χ3n) is 4.84. The first-order valence-corrected chi connectivity index (χ1v) is 9.18. The summed E-state index contributed by atoms with van der Waals surface area (Å²) in [4.78, 5) is 19.3. The third-order valence-corrected chi connectivity index (χ3v) is 5.73. The predicted octanol–water partition coefficient (Wildman–Crippen LogP) is 4.38. The summed E-state index contributed by atoms with van der Waals surface area (Å²) < 4.78 is 0. The Morgan fingerprint density at radius 3 is 2.96 bits per heavy atom. The van der Waals surface area contributed by atoms with Crippen LogP contribution in [0.1, 0.15) is 36.2 Å². The summed E-state index contributed by atoms with van der Waals surface area (Å²) in [6.45, 7) is 1.65. The van der Waals surface area contributed by atoms with Gasteiger partial charge >= 0.3 is 0 Å². The van der Waals surface area contributed by atoms with Gasteiger partial charge in [0.1, 0.15) is 10.7 Å². The van der Waals surface area contributed by atoms with Crippen LogP contribution >= 0.6 is 11.3 Å². The molecule has 0 bridgehead atoms. The van der Waals surface area contributed by atoms with Crippen molar-refractivity contribution in [2.45, 2.75) is 25.7 Å². The minimum absolute atomic E-state index is 0.0772. The van der Waals surface area contributed by atoms with Crippen LogP contribution in [0.25, 0.3) is 10.6 Å². The molecule has 0 radical (unpaired) electrons. The molecule has 0 N–H and O–H groups in total. The van der Waals surface area contributed by atoms with Crippen LogP contribution in [0.3, 0.4) is 0 Å². The van der Waals surface area contributed by atoms with Gasteiger partial charge in [0.15, 0.2) is 0 Å². The van der Waals surface area contributed by atoms with E-state index in [0.717, 1.165) is 30.1 Å². The van der Waals surface area contributed by atoms with Crippen LogP contribution in [-0.4, -0.2) is 28.9 Å². The number of carbonyl (C=O) groups excluding carboxylic acids is 1. The first-order chi connectivity index (χ1) is 11.3. The maximum absolute atomic E-state index is 12.8. The monoisotopic (exact) mass is 324 g/mol. The number of benzene rings is 1. The van der Waals surface area contributed by atoms with Crippen molar-refractivity contribution in [3.05, 3.63) is 53.1 Å². The molecule has 4 rings (SSSR count). The lowest BCUT2D eigenvalue weighted by Gasteiger charge is -2.36. The van der Waals surface area contributed by atoms with Crippen molar-refractivity contribution in [3.8, 4) is 10.6 Å². The van der Waals surface area contributed by atoms with E-state index in [1.807, 2.05) is 40.6 Å². The Bertz CT molecular complexity index is 735. The van der Waals surface area contributed by atoms with E-state index in [1.165, 1.54) is 24.8 Å². The van der Waals surface area contributed by atoms with Crippen molar-refractivity contribution >= 4 is 17.2 Å². The number of aromatic nitrogens is 1. The Morgan fingerprint density at radius 2 is 2.09 bits per heavy atom. The van der Waals surface area contributed by atoms with Gasteiger partial charge in [-0.15, -0.1) is 11.3 Å². The number of carbonyl (C=O) groups is 1. The third kappa shape index (κ3) is 2.95. The van der Waals surface area contributed by atoms with Crippen molar-refractivity contribution < 1.29 is 4.79 Å². The number of amides is 1. The van der Waals surface area contributed by atoms with Gasteiger partial charge in [-0.3, -0.25) is 4.79 Å². The number of hydrogen-bond donors (Lipinski definition) is 0. The van der Waals surface area contributed by atoms with Crippen LogP contribution < -0.4 is 0 Å². The molecule has 0 spiro atoms. The predicted molar refractivity (Wildman–Crippen MR) is 93.5 cm³/mol. The minimum Gasteiger partial charge on any atom is -0.333 e. The highest BCUT2D eigenvalue weighted by molar-refractivity contribution is 7.13. The van der Waals surface area contributed by atoms with Gasteiger partial charge in [-0.1, -0.05) is 42.0 Å². The molecule has 3 nitrogen and oxygen atoms in total. The van der Waals surface area contributed by atoms with E-state index >= 15 is 0 Å². The fourth-order valence-corrected chi connectivity index (χ4v) is 4.36. The van der Waals surface area contributed by atoms with Crippen molar-refractivity contribution in [2.24, 2.45) is 5.92 Å². The van der Waals surface area contributed by atoms with Crippen LogP contribution in [0, 0.1) is 5.92 Å². The van der Waals surface area contributed by atoms with Crippen molar-refractivity contribution in [2.75, 3.05) is 13.1 Å². The topological polar surface area (TPSA) is 33.2 Å². The molecule has 1 aliphatic carbocycles. The molecular formula is C19H20N2OS. The average molecular weight is 324 g/mol. The SMILES string of the molecule is O=C(c1csc(-c2ccccc2)n1)N1CC[C@H]2CCCC=C2C1. The smallest absolute Gasteiger partial charge is 0.273 e.